The molecule has 1 aliphatic rings. The molecule has 17 heavy (non-hydrogen) atoms. The zero-order valence-electron chi connectivity index (χ0n) is 10.9. The van der Waals surface area contributed by atoms with Gasteiger partial charge in [0, 0.05) is 24.8 Å². The van der Waals surface area contributed by atoms with E-state index in [9.17, 15) is 5.11 Å². The van der Waals surface area contributed by atoms with E-state index < -0.39 is 5.60 Å². The summed E-state index contributed by atoms with van der Waals surface area (Å²) in [6, 6.07) is 2.02. The number of nitrogens with zero attached hydrogens (tertiary/aromatic N) is 3. The Morgan fingerprint density at radius 2 is 2.00 bits per heavy atom. The van der Waals surface area contributed by atoms with Crippen LogP contribution in [-0.2, 0) is 0 Å². The second-order valence-electron chi connectivity index (χ2n) is 5.25. The van der Waals surface area contributed by atoms with E-state index in [1.807, 2.05) is 26.8 Å². The van der Waals surface area contributed by atoms with Gasteiger partial charge in [-0.3, -0.25) is 0 Å². The Morgan fingerprint density at radius 3 is 2.71 bits per heavy atom. The third-order valence-electron chi connectivity index (χ3n) is 3.34. The van der Waals surface area contributed by atoms with Crippen LogP contribution in [0.2, 0.25) is 0 Å². The first kappa shape index (κ1) is 12.3. The van der Waals surface area contributed by atoms with Gasteiger partial charge in [0.05, 0.1) is 5.60 Å². The van der Waals surface area contributed by atoms with Gasteiger partial charge in [-0.15, -0.1) is 0 Å². The molecule has 4 nitrogen and oxygen atoms in total. The van der Waals surface area contributed by atoms with Crippen LogP contribution in [0.4, 0.5) is 5.82 Å². The summed E-state index contributed by atoms with van der Waals surface area (Å²) in [6.07, 6.45) is 2.68. The molecule has 0 spiro atoms. The normalized spacial score (nSPS) is 25.8. The molecule has 1 N–H and O–H groups in total. The summed E-state index contributed by atoms with van der Waals surface area (Å²) in [4.78, 5) is 11.0. The van der Waals surface area contributed by atoms with Crippen molar-refractivity contribution in [3.05, 3.63) is 17.6 Å². The van der Waals surface area contributed by atoms with Crippen LogP contribution < -0.4 is 4.90 Å². The Kier molecular flexibility index (Phi) is 3.33. The summed E-state index contributed by atoms with van der Waals surface area (Å²) in [6.45, 7) is 7.67. The molecule has 0 bridgehead atoms. The molecular weight excluding hydrogens is 214 g/mol. The molecule has 2 rings (SSSR count). The Labute approximate surface area is 103 Å². The minimum Gasteiger partial charge on any atom is -0.390 e. The summed E-state index contributed by atoms with van der Waals surface area (Å²) in [5.41, 5.74) is 0.481. The van der Waals surface area contributed by atoms with Crippen molar-refractivity contribution < 1.29 is 5.11 Å². The molecule has 0 aromatic carbocycles. The summed E-state index contributed by atoms with van der Waals surface area (Å²) < 4.78 is 0. The first-order valence-electron chi connectivity index (χ1n) is 6.26. The van der Waals surface area contributed by atoms with Crippen LogP contribution in [0.3, 0.4) is 0 Å². The van der Waals surface area contributed by atoms with Crippen LogP contribution in [0.25, 0.3) is 0 Å². The lowest BCUT2D eigenvalue weighted by Crippen LogP contribution is -2.29. The van der Waals surface area contributed by atoms with E-state index in [1.165, 1.54) is 0 Å². The fourth-order valence-corrected chi connectivity index (χ4v) is 2.35. The standard InChI is InChI=1S/C13H21N3O/c1-10-9-12(15-11(2)14-10)16-7-4-5-13(3,17)6-8-16/h9,17H,4-8H2,1-3H3. The molecule has 1 saturated heterocycles. The fourth-order valence-electron chi connectivity index (χ4n) is 2.35. The highest BCUT2D eigenvalue weighted by molar-refractivity contribution is 5.39. The maximum Gasteiger partial charge on any atom is 0.132 e. The van der Waals surface area contributed by atoms with Gasteiger partial charge in [-0.25, -0.2) is 9.97 Å². The van der Waals surface area contributed by atoms with Crippen molar-refractivity contribution in [2.75, 3.05) is 18.0 Å². The summed E-state index contributed by atoms with van der Waals surface area (Å²) in [5, 5.41) is 10.1. The first-order chi connectivity index (χ1) is 7.96. The smallest absolute Gasteiger partial charge is 0.132 e. The lowest BCUT2D eigenvalue weighted by molar-refractivity contribution is 0.0481. The quantitative estimate of drug-likeness (QED) is 0.807. The molecule has 1 aliphatic heterocycles. The molecule has 4 heteroatoms. The van der Waals surface area contributed by atoms with Gasteiger partial charge >= 0.3 is 0 Å². The van der Waals surface area contributed by atoms with E-state index in [0.717, 1.165) is 49.7 Å². The molecule has 0 saturated carbocycles. The van der Waals surface area contributed by atoms with Crippen LogP contribution in [0, 0.1) is 13.8 Å². The monoisotopic (exact) mass is 235 g/mol. The van der Waals surface area contributed by atoms with Crippen molar-refractivity contribution in [1.29, 1.82) is 0 Å². The van der Waals surface area contributed by atoms with Crippen molar-refractivity contribution in [3.8, 4) is 0 Å². The predicted molar refractivity (Wildman–Crippen MR) is 68.2 cm³/mol. The number of rotatable bonds is 1. The van der Waals surface area contributed by atoms with Crippen LogP contribution in [0.15, 0.2) is 6.07 Å². The van der Waals surface area contributed by atoms with Gasteiger partial charge in [0.25, 0.3) is 0 Å². The molecular formula is C13H21N3O. The molecule has 1 fully saturated rings. The Balaban J connectivity index is 2.17. The van der Waals surface area contributed by atoms with E-state index in [1.54, 1.807) is 0 Å². The summed E-state index contributed by atoms with van der Waals surface area (Å²) in [7, 11) is 0. The van der Waals surface area contributed by atoms with Gasteiger partial charge in [0.2, 0.25) is 0 Å². The molecule has 0 aliphatic carbocycles. The van der Waals surface area contributed by atoms with Crippen LogP contribution >= 0.6 is 0 Å². The molecule has 2 heterocycles. The van der Waals surface area contributed by atoms with Gasteiger partial charge in [0.1, 0.15) is 11.6 Å². The Morgan fingerprint density at radius 1 is 1.24 bits per heavy atom. The highest BCUT2D eigenvalue weighted by Gasteiger charge is 2.25. The average Bonchev–Trinajstić information content (AvgIpc) is 2.38. The van der Waals surface area contributed by atoms with E-state index in [-0.39, 0.29) is 0 Å². The van der Waals surface area contributed by atoms with Gasteiger partial charge in [-0.1, -0.05) is 0 Å². The molecule has 0 amide bonds. The lowest BCUT2D eigenvalue weighted by atomic mass is 9.98. The molecule has 94 valence electrons. The minimum absolute atomic E-state index is 0.522. The van der Waals surface area contributed by atoms with E-state index >= 15 is 0 Å². The highest BCUT2D eigenvalue weighted by atomic mass is 16.3. The van der Waals surface area contributed by atoms with Crippen molar-refractivity contribution in [3.63, 3.8) is 0 Å². The second-order valence-corrected chi connectivity index (χ2v) is 5.25. The largest absolute Gasteiger partial charge is 0.390 e. The van der Waals surface area contributed by atoms with Gasteiger partial charge in [-0.05, 0) is 40.0 Å². The second kappa shape index (κ2) is 4.61. The van der Waals surface area contributed by atoms with E-state index in [4.69, 9.17) is 0 Å². The number of anilines is 1. The number of hydrogen-bond donors (Lipinski definition) is 1. The van der Waals surface area contributed by atoms with Crippen LogP contribution in [0.5, 0.6) is 0 Å². The SMILES string of the molecule is Cc1cc(N2CCCC(C)(O)CC2)nc(C)n1. The Bertz CT molecular complexity index is 383. The summed E-state index contributed by atoms with van der Waals surface area (Å²) >= 11 is 0. The van der Waals surface area contributed by atoms with Crippen molar-refractivity contribution >= 4 is 5.82 Å². The van der Waals surface area contributed by atoms with Crippen molar-refractivity contribution in [1.82, 2.24) is 9.97 Å². The minimum atomic E-state index is -0.522. The third-order valence-corrected chi connectivity index (χ3v) is 3.34. The number of aryl methyl sites for hydroxylation is 2. The van der Waals surface area contributed by atoms with E-state index in [0.29, 0.717) is 0 Å². The van der Waals surface area contributed by atoms with E-state index in [2.05, 4.69) is 14.9 Å². The topological polar surface area (TPSA) is 49.2 Å². The lowest BCUT2D eigenvalue weighted by Gasteiger charge is -2.23. The average molecular weight is 235 g/mol. The summed E-state index contributed by atoms with van der Waals surface area (Å²) in [5.74, 6) is 1.81. The molecule has 0 radical (unpaired) electrons. The first-order valence-corrected chi connectivity index (χ1v) is 6.26. The Hall–Kier alpha value is -1.16. The van der Waals surface area contributed by atoms with Crippen molar-refractivity contribution in [2.45, 2.75) is 45.6 Å². The van der Waals surface area contributed by atoms with Crippen molar-refractivity contribution in [2.24, 2.45) is 0 Å². The van der Waals surface area contributed by atoms with Crippen LogP contribution in [-0.4, -0.2) is 33.8 Å². The number of aromatic nitrogens is 2. The molecule has 1 aromatic heterocycles. The maximum absolute atomic E-state index is 10.1. The van der Waals surface area contributed by atoms with Gasteiger partial charge in [0.15, 0.2) is 0 Å². The molecule has 1 atom stereocenters. The molecule has 1 unspecified atom stereocenters. The zero-order valence-corrected chi connectivity index (χ0v) is 10.9. The van der Waals surface area contributed by atoms with Gasteiger partial charge in [-0.2, -0.15) is 0 Å². The molecule has 1 aromatic rings. The highest BCUT2D eigenvalue weighted by Crippen LogP contribution is 2.24. The fraction of sp³-hybridized carbons (Fsp3) is 0.692. The number of hydrogen-bond acceptors (Lipinski definition) is 4. The zero-order chi connectivity index (χ0) is 12.5. The third kappa shape index (κ3) is 3.16. The maximum atomic E-state index is 10.1. The van der Waals surface area contributed by atoms with Crippen LogP contribution in [0.1, 0.15) is 37.7 Å². The van der Waals surface area contributed by atoms with Gasteiger partial charge < -0.3 is 10.0 Å². The number of aliphatic hydroxyl groups is 1. The predicted octanol–water partition coefficient (Wildman–Crippen LogP) is 1.83.